The molecule has 0 fully saturated rings. The van der Waals surface area contributed by atoms with E-state index in [1.807, 2.05) is 0 Å². The number of benzene rings is 1. The molecule has 0 aliphatic rings. The minimum absolute atomic E-state index is 0.190. The normalized spacial score (nSPS) is 9.43. The molecule has 8 heteroatoms. The maximum absolute atomic E-state index is 8.76. The van der Waals surface area contributed by atoms with Crippen molar-refractivity contribution in [1.82, 2.24) is 0 Å². The summed E-state index contributed by atoms with van der Waals surface area (Å²) in [7, 11) is 0. The summed E-state index contributed by atoms with van der Waals surface area (Å²) in [6.07, 6.45) is 0. The zero-order valence-electron chi connectivity index (χ0n) is 6.93. The van der Waals surface area contributed by atoms with Crippen LogP contribution in [0.1, 0.15) is 0 Å². The fourth-order valence-electron chi connectivity index (χ4n) is 0.854. The van der Waals surface area contributed by atoms with Gasteiger partial charge in [0.2, 0.25) is 0 Å². The summed E-state index contributed by atoms with van der Waals surface area (Å²) >= 11 is 10.4. The van der Waals surface area contributed by atoms with E-state index in [1.54, 1.807) is 12.1 Å². The van der Waals surface area contributed by atoms with E-state index in [0.717, 1.165) is 0 Å². The molecule has 0 unspecified atom stereocenters. The van der Waals surface area contributed by atoms with E-state index in [1.165, 1.54) is 12.1 Å². The molecule has 0 bridgehead atoms. The van der Waals surface area contributed by atoms with Gasteiger partial charge < -0.3 is 19.4 Å². The Balaban J connectivity index is 2.80. The third-order valence-corrected chi connectivity index (χ3v) is 1.48. The first kappa shape index (κ1) is 11.5. The Labute approximate surface area is 91.5 Å². The smallest absolute Gasteiger partial charge is 0.521 e. The average molecular weight is 235 g/mol. The van der Waals surface area contributed by atoms with Crippen LogP contribution in [0, 0.1) is 0 Å². The van der Waals surface area contributed by atoms with Gasteiger partial charge in [-0.05, 0) is 12.1 Å². The van der Waals surface area contributed by atoms with Crippen molar-refractivity contribution in [1.29, 1.82) is 0 Å². The molecule has 0 aromatic heterocycles. The zero-order valence-corrected chi connectivity index (χ0v) is 8.44. The Bertz CT molecular complexity index is 268. The summed E-state index contributed by atoms with van der Waals surface area (Å²) in [4.78, 5) is 0. The number of hydrogen-bond donors (Lipinski definition) is 2. The van der Waals surface area contributed by atoms with Gasteiger partial charge in [-0.3, -0.25) is 0 Å². The van der Waals surface area contributed by atoms with Crippen LogP contribution in [0.25, 0.3) is 0 Å². The van der Waals surface area contributed by atoms with Crippen LogP contribution in [0.4, 0.5) is 0 Å². The summed E-state index contributed by atoms with van der Waals surface area (Å²) in [5.74, 6) is 0.379. The molecule has 0 heterocycles. The molecule has 0 atom stereocenters. The number of para-hydroxylation sites is 2. The average Bonchev–Trinajstić information content (AvgIpc) is 2.06. The van der Waals surface area contributed by atoms with Crippen LogP contribution >= 0.6 is 22.9 Å². The predicted octanol–water partition coefficient (Wildman–Crippen LogP) is 0.876. The van der Waals surface area contributed by atoms with E-state index in [9.17, 15) is 0 Å². The summed E-state index contributed by atoms with van der Waals surface area (Å²) < 4.78 is 9.54. The summed E-state index contributed by atoms with van der Waals surface area (Å²) in [6, 6.07) is 6.34. The van der Waals surface area contributed by atoms with Crippen molar-refractivity contribution < 1.29 is 19.4 Å². The first-order valence-corrected chi connectivity index (χ1v) is 4.53. The molecule has 14 heavy (non-hydrogen) atoms. The first-order chi connectivity index (χ1) is 6.59. The molecule has 1 rings (SSSR count). The van der Waals surface area contributed by atoms with Crippen LogP contribution in [0.3, 0.4) is 0 Å². The monoisotopic (exact) mass is 234 g/mol. The molecule has 0 radical (unpaired) electrons. The van der Waals surface area contributed by atoms with Gasteiger partial charge in [0, 0.05) is 0 Å². The number of hydrogen-bond acceptors (Lipinski definition) is 4. The third-order valence-electron chi connectivity index (χ3n) is 1.30. The second kappa shape index (κ2) is 5.36. The Morgan fingerprint density at radius 2 is 1.29 bits per heavy atom. The standard InChI is InChI=1S/C6H6B2Cl2O4/c9-7(11)13-5-3-1-2-4-6(5)14-8(10)12/h1-4,11-12H. The van der Waals surface area contributed by atoms with Crippen LogP contribution < -0.4 is 9.31 Å². The Kier molecular flexibility index (Phi) is 4.41. The highest BCUT2D eigenvalue weighted by atomic mass is 35.5. The third kappa shape index (κ3) is 3.67. The van der Waals surface area contributed by atoms with Crippen molar-refractivity contribution in [2.75, 3.05) is 0 Å². The molecular weight excluding hydrogens is 229 g/mol. The molecule has 0 spiro atoms. The van der Waals surface area contributed by atoms with Crippen molar-refractivity contribution in [3.05, 3.63) is 24.3 Å². The van der Waals surface area contributed by atoms with Gasteiger partial charge in [0.25, 0.3) is 0 Å². The van der Waals surface area contributed by atoms with Crippen molar-refractivity contribution in [2.24, 2.45) is 0 Å². The quantitative estimate of drug-likeness (QED) is 0.760. The minimum Gasteiger partial charge on any atom is -0.521 e. The van der Waals surface area contributed by atoms with Gasteiger partial charge >= 0.3 is 13.1 Å². The molecule has 0 aliphatic heterocycles. The van der Waals surface area contributed by atoms with E-state index in [-0.39, 0.29) is 11.5 Å². The first-order valence-electron chi connectivity index (χ1n) is 3.66. The van der Waals surface area contributed by atoms with Gasteiger partial charge in [0.15, 0.2) is 0 Å². The SMILES string of the molecule is OB(Cl)Oc1ccccc1OB(O)Cl. The maximum atomic E-state index is 8.76. The van der Waals surface area contributed by atoms with Gasteiger partial charge in [0.1, 0.15) is 11.5 Å². The lowest BCUT2D eigenvalue weighted by atomic mass is 10.2. The van der Waals surface area contributed by atoms with Crippen LogP contribution in [0.5, 0.6) is 11.5 Å². The maximum Gasteiger partial charge on any atom is 0.639 e. The Morgan fingerprint density at radius 3 is 1.57 bits per heavy atom. The van der Waals surface area contributed by atoms with Crippen LogP contribution in [0.15, 0.2) is 24.3 Å². The molecule has 2 N–H and O–H groups in total. The zero-order chi connectivity index (χ0) is 10.6. The van der Waals surface area contributed by atoms with E-state index in [4.69, 9.17) is 42.3 Å². The summed E-state index contributed by atoms with van der Waals surface area (Å²) in [5, 5.41) is 17.5. The largest absolute Gasteiger partial charge is 0.639 e. The Morgan fingerprint density at radius 1 is 0.929 bits per heavy atom. The summed E-state index contributed by atoms with van der Waals surface area (Å²) in [5.41, 5.74) is 0. The molecule has 0 aliphatic carbocycles. The second-order valence-electron chi connectivity index (χ2n) is 2.27. The fraction of sp³-hybridized carbons (Fsp3) is 0. The number of halogens is 2. The van der Waals surface area contributed by atoms with Crippen LogP contribution in [-0.2, 0) is 0 Å². The highest BCUT2D eigenvalue weighted by Crippen LogP contribution is 2.27. The van der Waals surface area contributed by atoms with Gasteiger partial charge in [0.05, 0.1) is 0 Å². The molecule has 0 amide bonds. The fourth-order valence-corrected chi connectivity index (χ4v) is 1.05. The van der Waals surface area contributed by atoms with E-state index >= 15 is 0 Å². The van der Waals surface area contributed by atoms with Gasteiger partial charge in [-0.2, -0.15) is 0 Å². The minimum atomic E-state index is -1.48. The van der Waals surface area contributed by atoms with Gasteiger partial charge in [-0.25, -0.2) is 0 Å². The highest BCUT2D eigenvalue weighted by Gasteiger charge is 2.17. The topological polar surface area (TPSA) is 58.9 Å². The molecule has 74 valence electrons. The Hall–Kier alpha value is -0.550. The molecule has 1 aromatic carbocycles. The van der Waals surface area contributed by atoms with Gasteiger partial charge in [-0.1, -0.05) is 12.1 Å². The van der Waals surface area contributed by atoms with E-state index < -0.39 is 13.1 Å². The van der Waals surface area contributed by atoms with Crippen molar-refractivity contribution in [3.8, 4) is 11.5 Å². The molecule has 4 nitrogen and oxygen atoms in total. The highest BCUT2D eigenvalue weighted by molar-refractivity contribution is 6.99. The van der Waals surface area contributed by atoms with Crippen LogP contribution in [0.2, 0.25) is 0 Å². The van der Waals surface area contributed by atoms with Crippen molar-refractivity contribution in [3.63, 3.8) is 0 Å². The van der Waals surface area contributed by atoms with Crippen LogP contribution in [-0.4, -0.2) is 23.1 Å². The van der Waals surface area contributed by atoms with E-state index in [2.05, 4.69) is 0 Å². The number of rotatable bonds is 4. The lowest BCUT2D eigenvalue weighted by molar-refractivity contribution is 0.404. The van der Waals surface area contributed by atoms with Crippen molar-refractivity contribution in [2.45, 2.75) is 0 Å². The van der Waals surface area contributed by atoms with Crippen molar-refractivity contribution >= 4 is 36.0 Å². The predicted molar refractivity (Wildman–Crippen MR) is 55.3 cm³/mol. The van der Waals surface area contributed by atoms with E-state index in [0.29, 0.717) is 0 Å². The molecule has 0 saturated heterocycles. The molecule has 1 aromatic rings. The molecular formula is C6H6B2Cl2O4. The lowest BCUT2D eigenvalue weighted by Crippen LogP contribution is -2.17. The van der Waals surface area contributed by atoms with Gasteiger partial charge in [-0.15, -0.1) is 22.9 Å². The lowest BCUT2D eigenvalue weighted by Gasteiger charge is -2.11. The molecule has 0 saturated carbocycles. The second-order valence-corrected chi connectivity index (χ2v) is 3.01. The summed E-state index contributed by atoms with van der Waals surface area (Å²) in [6.45, 7) is -2.96.